The van der Waals surface area contributed by atoms with Crippen LogP contribution in [-0.4, -0.2) is 60.4 Å². The highest BCUT2D eigenvalue weighted by molar-refractivity contribution is 5.90. The van der Waals surface area contributed by atoms with Crippen molar-refractivity contribution in [3.8, 4) is 11.5 Å². The van der Waals surface area contributed by atoms with Gasteiger partial charge >= 0.3 is 0 Å². The van der Waals surface area contributed by atoms with Gasteiger partial charge in [0.15, 0.2) is 23.4 Å². The summed E-state index contributed by atoms with van der Waals surface area (Å²) in [5.41, 5.74) is 2.67. The maximum atomic E-state index is 13.2. The topological polar surface area (TPSA) is 55.8 Å². The van der Waals surface area contributed by atoms with Gasteiger partial charge < -0.3 is 19.1 Å². The lowest BCUT2D eigenvalue weighted by atomic mass is 9.48. The molecule has 2 aromatic rings. The average molecular weight is 435 g/mol. The number of nitrogens with zero attached hydrogens (tertiary/aromatic N) is 1. The van der Waals surface area contributed by atoms with Gasteiger partial charge in [-0.25, -0.2) is 0 Å². The predicted octanol–water partition coefficient (Wildman–Crippen LogP) is 3.55. The molecule has 4 atom stereocenters. The van der Waals surface area contributed by atoms with Gasteiger partial charge in [0.05, 0.1) is 26.1 Å². The quantitative estimate of drug-likeness (QED) is 0.578. The number of piperidine rings is 1. The number of likely N-dealkylation sites (N-methyl/N-ethyl adjacent to an activating group) is 1. The molecule has 6 rings (SSSR count). The maximum absolute atomic E-state index is 13.2. The highest BCUT2D eigenvalue weighted by Gasteiger charge is 2.77. The number of aromatic hydroxyl groups is 1. The molecule has 5 nitrogen and oxygen atoms in total. The summed E-state index contributed by atoms with van der Waals surface area (Å²) < 4.78 is 14.2. The van der Waals surface area contributed by atoms with Crippen LogP contribution >= 0.6 is 0 Å². The number of Topliss-reactive ketones (excluding diaryl/α,β-unsaturated/α-hetero) is 1. The molecule has 0 radical (unpaired) electrons. The van der Waals surface area contributed by atoms with E-state index in [9.17, 15) is 9.90 Å². The van der Waals surface area contributed by atoms with Crippen molar-refractivity contribution < 1.29 is 23.9 Å². The van der Waals surface area contributed by atoms with E-state index in [4.69, 9.17) is 9.47 Å². The number of phenols is 1. The number of ether oxygens (including phenoxy) is 2. The highest BCUT2D eigenvalue weighted by atomic mass is 16.5. The molecule has 0 aromatic heterocycles. The van der Waals surface area contributed by atoms with Crippen molar-refractivity contribution in [1.29, 1.82) is 0 Å². The Kier molecular flexibility index (Phi) is 4.31. The number of aryl methyl sites for hydroxylation is 1. The number of hydrogen-bond donors (Lipinski definition) is 1. The molecule has 32 heavy (non-hydrogen) atoms. The predicted molar refractivity (Wildman–Crippen MR) is 121 cm³/mol. The first kappa shape index (κ1) is 20.3. The number of carbonyl (C=O) groups is 1. The fourth-order valence-corrected chi connectivity index (χ4v) is 7.39. The molecule has 2 heterocycles. The lowest BCUT2D eigenvalue weighted by Crippen LogP contribution is -2.80. The fraction of sp³-hybridized carbons (Fsp3) is 0.519. The van der Waals surface area contributed by atoms with E-state index in [1.807, 2.05) is 12.1 Å². The summed E-state index contributed by atoms with van der Waals surface area (Å²) in [7, 11) is 4.61. The third-order valence-electron chi connectivity index (χ3n) is 8.83. The number of benzene rings is 2. The minimum atomic E-state index is -0.546. The number of hydrogen-bond acceptors (Lipinski definition) is 4. The summed E-state index contributed by atoms with van der Waals surface area (Å²) in [4.78, 5) is 13.2. The molecule has 2 aromatic carbocycles. The van der Waals surface area contributed by atoms with Crippen LogP contribution in [0, 0.1) is 0 Å². The first-order valence-corrected chi connectivity index (χ1v) is 11.9. The van der Waals surface area contributed by atoms with Gasteiger partial charge in [-0.3, -0.25) is 4.79 Å². The van der Waals surface area contributed by atoms with E-state index in [0.717, 1.165) is 48.7 Å². The number of phenolic OH excluding ortho intramolecular Hbond substituents is 1. The van der Waals surface area contributed by atoms with Crippen LogP contribution in [0.15, 0.2) is 42.5 Å². The molecule has 2 bridgehead atoms. The summed E-state index contributed by atoms with van der Waals surface area (Å²) in [6.07, 6.45) is 4.32. The minimum Gasteiger partial charge on any atom is -0.504 e. The van der Waals surface area contributed by atoms with E-state index in [1.165, 1.54) is 11.1 Å². The summed E-state index contributed by atoms with van der Waals surface area (Å²) in [5.74, 6) is 0.838. The molecule has 1 saturated carbocycles. The highest BCUT2D eigenvalue weighted by Crippen LogP contribution is 2.66. The Bertz CT molecular complexity index is 1080. The van der Waals surface area contributed by atoms with Gasteiger partial charge in [0.25, 0.3) is 0 Å². The SMILES string of the molecule is C[N+]1(C)CC[C@]23c4c5ccc(O)c4OC2C(=O)CCC3(OCCCc2ccccc2)C1C5. The number of likely N-dealkylation sites (tertiary alicyclic amines) is 1. The van der Waals surface area contributed by atoms with Crippen LogP contribution in [0.2, 0.25) is 0 Å². The zero-order valence-corrected chi connectivity index (χ0v) is 19.0. The van der Waals surface area contributed by atoms with Crippen molar-refractivity contribution in [1.82, 2.24) is 0 Å². The molecular weight excluding hydrogens is 402 g/mol. The molecule has 168 valence electrons. The lowest BCUT2D eigenvalue weighted by molar-refractivity contribution is -0.931. The molecule has 2 fully saturated rings. The normalized spacial score (nSPS) is 33.5. The molecule has 1 N–H and O–H groups in total. The van der Waals surface area contributed by atoms with E-state index < -0.39 is 17.1 Å². The van der Waals surface area contributed by atoms with E-state index >= 15 is 0 Å². The molecule has 3 unspecified atom stereocenters. The Balaban J connectivity index is 1.42. The van der Waals surface area contributed by atoms with Gasteiger partial charge in [-0.1, -0.05) is 36.4 Å². The largest absolute Gasteiger partial charge is 0.504 e. The van der Waals surface area contributed by atoms with Crippen molar-refractivity contribution in [2.75, 3.05) is 27.2 Å². The number of quaternary nitrogens is 1. The van der Waals surface area contributed by atoms with Crippen LogP contribution in [-0.2, 0) is 27.8 Å². The standard InChI is InChI=1S/C27H31NO4/c1-28(2)15-14-26-23-19-10-11-20(29)24(23)32-25(26)21(30)12-13-27(26,22(28)17-19)31-16-6-9-18-7-4-3-5-8-18/h3-5,7-8,10-11,22,25H,6,9,12-17H2,1-2H3/p+1/t22?,25?,26-,27?/m0/s1. The van der Waals surface area contributed by atoms with E-state index in [-0.39, 0.29) is 17.6 Å². The Labute approximate surface area is 189 Å². The van der Waals surface area contributed by atoms with Crippen molar-refractivity contribution in [3.63, 3.8) is 0 Å². The molecule has 4 aliphatic rings. The Morgan fingerprint density at radius 2 is 1.97 bits per heavy atom. The number of rotatable bonds is 5. The maximum Gasteiger partial charge on any atom is 0.174 e. The van der Waals surface area contributed by atoms with Crippen molar-refractivity contribution >= 4 is 5.78 Å². The Morgan fingerprint density at radius 1 is 1.16 bits per heavy atom. The first-order chi connectivity index (χ1) is 15.4. The number of ketones is 1. The van der Waals surface area contributed by atoms with Crippen molar-refractivity contribution in [3.05, 3.63) is 59.2 Å². The second kappa shape index (κ2) is 6.82. The minimum absolute atomic E-state index is 0.149. The molecular formula is C27H32NO4+. The summed E-state index contributed by atoms with van der Waals surface area (Å²) in [5, 5.41) is 10.6. The van der Waals surface area contributed by atoms with Crippen LogP contribution in [0.1, 0.15) is 42.4 Å². The summed E-state index contributed by atoms with van der Waals surface area (Å²) in [6.45, 7) is 1.64. The van der Waals surface area contributed by atoms with Crippen molar-refractivity contribution in [2.45, 2.75) is 61.7 Å². The smallest absolute Gasteiger partial charge is 0.174 e. The van der Waals surface area contributed by atoms with Gasteiger partial charge in [0.1, 0.15) is 11.6 Å². The molecule has 0 amide bonds. The molecule has 2 aliphatic carbocycles. The van der Waals surface area contributed by atoms with Crippen LogP contribution in [0.4, 0.5) is 0 Å². The third-order valence-corrected chi connectivity index (χ3v) is 8.83. The fourth-order valence-electron chi connectivity index (χ4n) is 7.39. The zero-order chi connectivity index (χ0) is 22.1. The van der Waals surface area contributed by atoms with Gasteiger partial charge in [0.2, 0.25) is 0 Å². The first-order valence-electron chi connectivity index (χ1n) is 11.9. The van der Waals surface area contributed by atoms with Crippen molar-refractivity contribution in [2.24, 2.45) is 0 Å². The zero-order valence-electron chi connectivity index (χ0n) is 19.0. The van der Waals surface area contributed by atoms with E-state index in [1.54, 1.807) is 6.07 Å². The van der Waals surface area contributed by atoms with Crippen LogP contribution in [0.5, 0.6) is 11.5 Å². The molecule has 1 saturated heterocycles. The third kappa shape index (κ3) is 2.49. The summed E-state index contributed by atoms with van der Waals surface area (Å²) in [6, 6.07) is 14.6. The van der Waals surface area contributed by atoms with Crippen LogP contribution in [0.3, 0.4) is 0 Å². The van der Waals surface area contributed by atoms with Gasteiger partial charge in [-0.15, -0.1) is 0 Å². The molecule has 2 aliphatic heterocycles. The Hall–Kier alpha value is -2.37. The molecule has 1 spiro atoms. The number of carbonyl (C=O) groups excluding carboxylic acids is 1. The van der Waals surface area contributed by atoms with E-state index in [0.29, 0.717) is 18.8 Å². The average Bonchev–Trinajstić information content (AvgIpc) is 3.15. The summed E-state index contributed by atoms with van der Waals surface area (Å²) >= 11 is 0. The van der Waals surface area contributed by atoms with Gasteiger partial charge in [0, 0.05) is 31.4 Å². The lowest BCUT2D eigenvalue weighted by Gasteiger charge is -2.65. The van der Waals surface area contributed by atoms with Gasteiger partial charge in [-0.05, 0) is 36.5 Å². The van der Waals surface area contributed by atoms with E-state index in [2.05, 4.69) is 38.4 Å². The van der Waals surface area contributed by atoms with Crippen LogP contribution in [0.25, 0.3) is 0 Å². The Morgan fingerprint density at radius 3 is 2.78 bits per heavy atom. The second-order valence-corrected chi connectivity index (χ2v) is 10.7. The molecule has 5 heteroatoms. The second-order valence-electron chi connectivity index (χ2n) is 10.7. The monoisotopic (exact) mass is 434 g/mol. The van der Waals surface area contributed by atoms with Crippen LogP contribution < -0.4 is 4.74 Å². The van der Waals surface area contributed by atoms with Gasteiger partial charge in [-0.2, -0.15) is 0 Å².